The fourth-order valence-electron chi connectivity index (χ4n) is 3.85. The third kappa shape index (κ3) is 3.82. The summed E-state index contributed by atoms with van der Waals surface area (Å²) < 4.78 is 17.5. The largest absolute Gasteiger partial charge is 0.494 e. The van der Waals surface area contributed by atoms with Crippen molar-refractivity contribution < 1.29 is 13.9 Å². The van der Waals surface area contributed by atoms with Gasteiger partial charge in [-0.1, -0.05) is 26.3 Å². The Bertz CT molecular complexity index is 1090. The molecule has 0 amide bonds. The lowest BCUT2D eigenvalue weighted by Gasteiger charge is -2.32. The zero-order chi connectivity index (χ0) is 20.4. The van der Waals surface area contributed by atoms with Crippen LogP contribution in [0.3, 0.4) is 0 Å². The van der Waals surface area contributed by atoms with Crippen molar-refractivity contribution in [1.29, 1.82) is 0 Å². The third-order valence-corrected chi connectivity index (χ3v) is 5.43. The molecule has 0 N–H and O–H groups in total. The van der Waals surface area contributed by atoms with E-state index in [1.165, 1.54) is 0 Å². The van der Waals surface area contributed by atoms with E-state index in [9.17, 15) is 4.79 Å². The van der Waals surface area contributed by atoms with Crippen LogP contribution < -0.4 is 20.0 Å². The molecule has 0 radical (unpaired) electrons. The molecule has 2 heterocycles. The molecule has 0 unspecified atom stereocenters. The molecule has 0 aliphatic carbocycles. The molecule has 1 aliphatic heterocycles. The van der Waals surface area contributed by atoms with Gasteiger partial charge in [-0.15, -0.1) is 0 Å². The van der Waals surface area contributed by atoms with Crippen molar-refractivity contribution in [3.8, 4) is 11.5 Å². The van der Waals surface area contributed by atoms with Gasteiger partial charge in [-0.3, -0.25) is 0 Å². The Morgan fingerprint density at radius 3 is 2.83 bits per heavy atom. The maximum atomic E-state index is 11.9. The summed E-state index contributed by atoms with van der Waals surface area (Å²) in [5, 5.41) is 0.991. The molecule has 1 aliphatic rings. The van der Waals surface area contributed by atoms with E-state index >= 15 is 0 Å². The average molecular weight is 393 g/mol. The molecule has 2 aromatic carbocycles. The van der Waals surface area contributed by atoms with Crippen LogP contribution in [-0.2, 0) is 13.0 Å². The van der Waals surface area contributed by atoms with Gasteiger partial charge in [0, 0.05) is 40.9 Å². The molecule has 5 nitrogen and oxygen atoms in total. The summed E-state index contributed by atoms with van der Waals surface area (Å²) in [6, 6.07) is 11.8. The Morgan fingerprint density at radius 2 is 2.03 bits per heavy atom. The van der Waals surface area contributed by atoms with Gasteiger partial charge >= 0.3 is 5.63 Å². The Labute approximate surface area is 170 Å². The highest BCUT2D eigenvalue weighted by Crippen LogP contribution is 2.37. The first-order valence-electron chi connectivity index (χ1n) is 10.3. The Morgan fingerprint density at radius 1 is 1.17 bits per heavy atom. The number of anilines is 1. The number of rotatable bonds is 6. The van der Waals surface area contributed by atoms with Crippen LogP contribution in [0.2, 0.25) is 0 Å². The lowest BCUT2D eigenvalue weighted by atomic mass is 9.99. The molecule has 0 saturated carbocycles. The fraction of sp³-hybridized carbons (Fsp3) is 0.375. The summed E-state index contributed by atoms with van der Waals surface area (Å²) in [7, 11) is 0. The SMILES string of the molecule is CCCCOc1cccc(N2COc3c(cc4c(CC)cc(=O)oc4c3C)C2)c1. The number of nitrogens with zero attached hydrogens (tertiary/aromatic N) is 1. The Kier molecular flexibility index (Phi) is 5.47. The highest BCUT2D eigenvalue weighted by Gasteiger charge is 2.23. The highest BCUT2D eigenvalue weighted by atomic mass is 16.5. The molecule has 0 atom stereocenters. The maximum absolute atomic E-state index is 11.9. The quantitative estimate of drug-likeness (QED) is 0.426. The number of unbranched alkanes of at least 4 members (excludes halogenated alkanes) is 1. The summed E-state index contributed by atoms with van der Waals surface area (Å²) in [5.41, 5.74) is 4.38. The van der Waals surface area contributed by atoms with Crippen LogP contribution in [-0.4, -0.2) is 13.3 Å². The van der Waals surface area contributed by atoms with Gasteiger partial charge in [0.25, 0.3) is 0 Å². The van der Waals surface area contributed by atoms with E-state index in [-0.39, 0.29) is 5.63 Å². The zero-order valence-corrected chi connectivity index (χ0v) is 17.3. The molecular weight excluding hydrogens is 366 g/mol. The van der Waals surface area contributed by atoms with Crippen LogP contribution in [0, 0.1) is 6.92 Å². The van der Waals surface area contributed by atoms with Crippen molar-refractivity contribution >= 4 is 16.7 Å². The fourth-order valence-corrected chi connectivity index (χ4v) is 3.85. The lowest BCUT2D eigenvalue weighted by Crippen LogP contribution is -2.32. The first-order chi connectivity index (χ1) is 14.1. The van der Waals surface area contributed by atoms with Crippen LogP contribution >= 0.6 is 0 Å². The number of fused-ring (bicyclic) bond motifs is 2. The molecule has 0 fully saturated rings. The molecule has 4 rings (SSSR count). The minimum atomic E-state index is -0.310. The van der Waals surface area contributed by atoms with Gasteiger partial charge < -0.3 is 18.8 Å². The summed E-state index contributed by atoms with van der Waals surface area (Å²) in [6.45, 7) is 8.07. The number of hydrogen-bond acceptors (Lipinski definition) is 5. The monoisotopic (exact) mass is 393 g/mol. The van der Waals surface area contributed by atoms with Crippen molar-refractivity contribution in [2.24, 2.45) is 0 Å². The molecule has 29 heavy (non-hydrogen) atoms. The predicted octanol–water partition coefficient (Wildman–Crippen LogP) is 5.20. The molecular formula is C24H27NO4. The second kappa shape index (κ2) is 8.19. The van der Waals surface area contributed by atoms with Crippen molar-refractivity contribution in [1.82, 2.24) is 0 Å². The van der Waals surface area contributed by atoms with E-state index in [2.05, 4.69) is 36.9 Å². The van der Waals surface area contributed by atoms with E-state index in [1.54, 1.807) is 6.07 Å². The molecule has 0 spiro atoms. The number of ether oxygens (including phenoxy) is 2. The number of benzene rings is 2. The average Bonchev–Trinajstić information content (AvgIpc) is 2.74. The van der Waals surface area contributed by atoms with Gasteiger partial charge in [-0.05, 0) is 43.5 Å². The van der Waals surface area contributed by atoms with E-state index < -0.39 is 0 Å². The highest BCUT2D eigenvalue weighted by molar-refractivity contribution is 5.86. The summed E-state index contributed by atoms with van der Waals surface area (Å²) >= 11 is 0. The van der Waals surface area contributed by atoms with Crippen LogP contribution in [0.1, 0.15) is 43.4 Å². The van der Waals surface area contributed by atoms with Gasteiger partial charge in [-0.25, -0.2) is 4.79 Å². The normalized spacial score (nSPS) is 13.3. The lowest BCUT2D eigenvalue weighted by molar-refractivity contribution is 0.286. The topological polar surface area (TPSA) is 51.9 Å². The molecule has 5 heteroatoms. The Hall–Kier alpha value is -2.95. The summed E-state index contributed by atoms with van der Waals surface area (Å²) in [4.78, 5) is 14.1. The van der Waals surface area contributed by atoms with Crippen LogP contribution in [0.4, 0.5) is 5.69 Å². The minimum absolute atomic E-state index is 0.310. The van der Waals surface area contributed by atoms with E-state index in [0.29, 0.717) is 12.3 Å². The number of aryl methyl sites for hydroxylation is 2. The molecule has 3 aromatic rings. The number of hydrogen-bond donors (Lipinski definition) is 0. The molecule has 0 saturated heterocycles. The maximum Gasteiger partial charge on any atom is 0.336 e. The van der Waals surface area contributed by atoms with E-state index in [0.717, 1.165) is 71.7 Å². The molecule has 0 bridgehead atoms. The van der Waals surface area contributed by atoms with E-state index in [4.69, 9.17) is 13.9 Å². The summed E-state index contributed by atoms with van der Waals surface area (Å²) in [6.07, 6.45) is 2.94. The van der Waals surface area contributed by atoms with Crippen LogP contribution in [0.15, 0.2) is 45.6 Å². The van der Waals surface area contributed by atoms with Crippen molar-refractivity contribution in [2.45, 2.75) is 46.6 Å². The predicted molar refractivity (Wildman–Crippen MR) is 115 cm³/mol. The van der Waals surface area contributed by atoms with Gasteiger partial charge in [-0.2, -0.15) is 0 Å². The van der Waals surface area contributed by atoms with Crippen LogP contribution in [0.25, 0.3) is 11.0 Å². The van der Waals surface area contributed by atoms with Gasteiger partial charge in [0.15, 0.2) is 6.73 Å². The summed E-state index contributed by atoms with van der Waals surface area (Å²) in [5.74, 6) is 1.70. The first-order valence-corrected chi connectivity index (χ1v) is 10.3. The van der Waals surface area contributed by atoms with Gasteiger partial charge in [0.1, 0.15) is 17.1 Å². The Balaban J connectivity index is 1.66. The van der Waals surface area contributed by atoms with Gasteiger partial charge in [0.05, 0.1) is 6.61 Å². The minimum Gasteiger partial charge on any atom is -0.494 e. The standard InChI is InChI=1S/C24H27NO4/c1-4-6-10-27-20-9-7-8-19(13-20)25-14-18-11-21-17(5-2)12-22(26)29-24(21)16(3)23(18)28-15-25/h7-9,11-13H,4-6,10,14-15H2,1-3H3. The molecule has 152 valence electrons. The second-order valence-corrected chi connectivity index (χ2v) is 7.48. The van der Waals surface area contributed by atoms with E-state index in [1.807, 2.05) is 19.1 Å². The van der Waals surface area contributed by atoms with Crippen molar-refractivity contribution in [2.75, 3.05) is 18.2 Å². The third-order valence-electron chi connectivity index (χ3n) is 5.43. The smallest absolute Gasteiger partial charge is 0.336 e. The van der Waals surface area contributed by atoms with Gasteiger partial charge in [0.2, 0.25) is 0 Å². The van der Waals surface area contributed by atoms with Crippen LogP contribution in [0.5, 0.6) is 11.5 Å². The zero-order valence-electron chi connectivity index (χ0n) is 17.3. The molecule has 1 aromatic heterocycles. The van der Waals surface area contributed by atoms with Crippen molar-refractivity contribution in [3.05, 3.63) is 63.5 Å². The second-order valence-electron chi connectivity index (χ2n) is 7.48. The first kappa shape index (κ1) is 19.4. The van der Waals surface area contributed by atoms with Crippen molar-refractivity contribution in [3.63, 3.8) is 0 Å².